The van der Waals surface area contributed by atoms with E-state index >= 15 is 0 Å². The van der Waals surface area contributed by atoms with Gasteiger partial charge in [-0.2, -0.15) is 0 Å². The second-order valence-electron chi connectivity index (χ2n) is 11.4. The molecule has 6 rings (SSSR count). The molecule has 0 bridgehead atoms. The topological polar surface area (TPSA) is 96.0 Å². The minimum absolute atomic E-state index is 0.210. The van der Waals surface area contributed by atoms with Crippen LogP contribution in [0.2, 0.25) is 5.02 Å². The van der Waals surface area contributed by atoms with Crippen molar-refractivity contribution in [1.82, 2.24) is 4.90 Å². The van der Waals surface area contributed by atoms with Crippen LogP contribution in [0.5, 0.6) is 5.75 Å². The number of aryl methyl sites for hydroxylation is 1. The molecule has 1 aliphatic heterocycles. The fourth-order valence-electron chi connectivity index (χ4n) is 5.66. The third-order valence-corrected chi connectivity index (χ3v) is 8.47. The average Bonchev–Trinajstić information content (AvgIpc) is 3.35. The number of imide groups is 1. The van der Waals surface area contributed by atoms with Gasteiger partial charge in [-0.25, -0.2) is 0 Å². The van der Waals surface area contributed by atoms with Gasteiger partial charge in [-0.1, -0.05) is 83.9 Å². The Labute approximate surface area is 283 Å². The van der Waals surface area contributed by atoms with Gasteiger partial charge in [0.05, 0.1) is 34.1 Å². The van der Waals surface area contributed by atoms with Crippen LogP contribution in [-0.4, -0.2) is 48.7 Å². The van der Waals surface area contributed by atoms with Gasteiger partial charge in [0.2, 0.25) is 0 Å². The first-order valence-corrected chi connectivity index (χ1v) is 15.8. The predicted molar refractivity (Wildman–Crippen MR) is 187 cm³/mol. The van der Waals surface area contributed by atoms with E-state index in [1.807, 2.05) is 55.5 Å². The van der Waals surface area contributed by atoms with E-state index in [0.29, 0.717) is 45.8 Å². The molecule has 1 N–H and O–H groups in total. The SMILES string of the molecule is Cc1ccc(-c2ccccc2)c(C(=O)Nc2ccc(C(=O)N(C)c3ccccc3OCCCN3C(=O)c4ccccc4C3=O)cc2Cl)c1. The van der Waals surface area contributed by atoms with E-state index in [9.17, 15) is 19.2 Å². The summed E-state index contributed by atoms with van der Waals surface area (Å²) >= 11 is 6.60. The number of carbonyl (C=O) groups excluding carboxylic acids is 4. The van der Waals surface area contributed by atoms with Crippen molar-refractivity contribution in [2.45, 2.75) is 13.3 Å². The maximum Gasteiger partial charge on any atom is 0.261 e. The third-order valence-electron chi connectivity index (χ3n) is 8.16. The van der Waals surface area contributed by atoms with Crippen LogP contribution in [0.1, 0.15) is 53.4 Å². The summed E-state index contributed by atoms with van der Waals surface area (Å²) in [4.78, 5) is 55.0. The second-order valence-corrected chi connectivity index (χ2v) is 11.8. The molecular formula is C39H32ClN3O5. The largest absolute Gasteiger partial charge is 0.491 e. The van der Waals surface area contributed by atoms with E-state index in [0.717, 1.165) is 16.7 Å². The summed E-state index contributed by atoms with van der Waals surface area (Å²) in [5.74, 6) is -0.792. The number of fused-ring (bicyclic) bond motifs is 1. The lowest BCUT2D eigenvalue weighted by Gasteiger charge is -2.21. The van der Waals surface area contributed by atoms with Gasteiger partial charge < -0.3 is 15.0 Å². The summed E-state index contributed by atoms with van der Waals surface area (Å²) in [5, 5.41) is 3.12. The molecule has 0 aromatic heterocycles. The molecule has 0 saturated carbocycles. The Balaban J connectivity index is 1.10. The lowest BCUT2D eigenvalue weighted by Crippen LogP contribution is -2.31. The van der Waals surface area contributed by atoms with Crippen LogP contribution in [0, 0.1) is 6.92 Å². The van der Waals surface area contributed by atoms with Crippen molar-refractivity contribution in [3.8, 4) is 16.9 Å². The van der Waals surface area contributed by atoms with Crippen LogP contribution >= 0.6 is 11.6 Å². The molecule has 0 spiro atoms. The number of para-hydroxylation sites is 2. The number of amides is 4. The molecule has 0 atom stereocenters. The Kier molecular flexibility index (Phi) is 9.36. The normalized spacial score (nSPS) is 12.1. The monoisotopic (exact) mass is 657 g/mol. The molecule has 240 valence electrons. The van der Waals surface area contributed by atoms with Crippen LogP contribution in [0.4, 0.5) is 11.4 Å². The van der Waals surface area contributed by atoms with Gasteiger partial charge in [-0.05, 0) is 73.0 Å². The summed E-state index contributed by atoms with van der Waals surface area (Å²) in [5.41, 5.74) is 5.23. The Bertz CT molecular complexity index is 2010. The highest BCUT2D eigenvalue weighted by Crippen LogP contribution is 2.31. The van der Waals surface area contributed by atoms with Crippen molar-refractivity contribution in [2.24, 2.45) is 0 Å². The number of benzene rings is 5. The van der Waals surface area contributed by atoms with Crippen molar-refractivity contribution in [1.29, 1.82) is 0 Å². The highest BCUT2D eigenvalue weighted by Gasteiger charge is 2.34. The molecule has 4 amide bonds. The fraction of sp³-hybridized carbons (Fsp3) is 0.128. The standard InChI is InChI=1S/C39H32ClN3O5/c1-25-17-19-28(26-11-4-3-5-12-26)31(23-25)36(44)41-33-20-18-27(24-32(33)40)37(45)42(2)34-15-8-9-16-35(34)48-22-10-21-43-38(46)29-13-6-7-14-30(29)39(43)47/h3-9,11-20,23-24H,10,21-22H2,1-2H3,(H,41,44). The maximum absolute atomic E-state index is 13.6. The first-order valence-electron chi connectivity index (χ1n) is 15.4. The summed E-state index contributed by atoms with van der Waals surface area (Å²) in [6, 6.07) is 34.0. The van der Waals surface area contributed by atoms with Crippen molar-refractivity contribution in [3.05, 3.63) is 148 Å². The zero-order chi connectivity index (χ0) is 33.8. The van der Waals surface area contributed by atoms with E-state index in [4.69, 9.17) is 16.3 Å². The molecular weight excluding hydrogens is 626 g/mol. The summed E-state index contributed by atoms with van der Waals surface area (Å²) in [6.45, 7) is 2.36. The smallest absolute Gasteiger partial charge is 0.261 e. The number of anilines is 2. The number of carbonyl (C=O) groups is 4. The Morgan fingerprint density at radius 1 is 0.792 bits per heavy atom. The first-order chi connectivity index (χ1) is 23.2. The summed E-state index contributed by atoms with van der Waals surface area (Å²) in [7, 11) is 1.63. The Morgan fingerprint density at radius 2 is 1.46 bits per heavy atom. The lowest BCUT2D eigenvalue weighted by molar-refractivity contribution is 0.0646. The van der Waals surface area contributed by atoms with Gasteiger partial charge in [0.1, 0.15) is 5.75 Å². The number of rotatable bonds is 10. The van der Waals surface area contributed by atoms with Gasteiger partial charge in [0.25, 0.3) is 23.6 Å². The average molecular weight is 658 g/mol. The molecule has 8 nitrogen and oxygen atoms in total. The van der Waals surface area contributed by atoms with E-state index in [1.165, 1.54) is 15.9 Å². The van der Waals surface area contributed by atoms with Gasteiger partial charge in [-0.3, -0.25) is 24.1 Å². The van der Waals surface area contributed by atoms with Gasteiger partial charge in [0.15, 0.2) is 0 Å². The van der Waals surface area contributed by atoms with Gasteiger partial charge >= 0.3 is 0 Å². The van der Waals surface area contributed by atoms with Crippen molar-refractivity contribution < 1.29 is 23.9 Å². The van der Waals surface area contributed by atoms with Crippen LogP contribution < -0.4 is 15.0 Å². The molecule has 0 fully saturated rings. The lowest BCUT2D eigenvalue weighted by atomic mass is 9.97. The molecule has 0 unspecified atom stereocenters. The van der Waals surface area contributed by atoms with Crippen molar-refractivity contribution >= 4 is 46.6 Å². The van der Waals surface area contributed by atoms with Crippen LogP contribution in [-0.2, 0) is 0 Å². The number of nitrogens with zero attached hydrogens (tertiary/aromatic N) is 2. The number of hydrogen-bond donors (Lipinski definition) is 1. The third kappa shape index (κ3) is 6.56. The van der Waals surface area contributed by atoms with Crippen molar-refractivity contribution in [2.75, 3.05) is 30.4 Å². The second kappa shape index (κ2) is 13.9. The maximum atomic E-state index is 13.6. The molecule has 0 radical (unpaired) electrons. The number of halogens is 1. The summed E-state index contributed by atoms with van der Waals surface area (Å²) in [6.07, 6.45) is 0.412. The molecule has 9 heteroatoms. The number of hydrogen-bond acceptors (Lipinski definition) is 5. The van der Waals surface area contributed by atoms with E-state index in [1.54, 1.807) is 67.7 Å². The van der Waals surface area contributed by atoms with Crippen LogP contribution in [0.3, 0.4) is 0 Å². The highest BCUT2D eigenvalue weighted by molar-refractivity contribution is 6.34. The Hall–Kier alpha value is -5.73. The quantitative estimate of drug-likeness (QED) is 0.122. The van der Waals surface area contributed by atoms with Crippen molar-refractivity contribution in [3.63, 3.8) is 0 Å². The number of nitrogens with one attached hydrogen (secondary N) is 1. The highest BCUT2D eigenvalue weighted by atomic mass is 35.5. The minimum Gasteiger partial charge on any atom is -0.491 e. The predicted octanol–water partition coefficient (Wildman–Crippen LogP) is 7.91. The Morgan fingerprint density at radius 3 is 2.17 bits per heavy atom. The molecule has 5 aromatic rings. The zero-order valence-electron chi connectivity index (χ0n) is 26.4. The molecule has 5 aromatic carbocycles. The van der Waals surface area contributed by atoms with E-state index < -0.39 is 0 Å². The van der Waals surface area contributed by atoms with Crippen LogP contribution in [0.25, 0.3) is 11.1 Å². The summed E-state index contributed by atoms with van der Waals surface area (Å²) < 4.78 is 6.01. The van der Waals surface area contributed by atoms with E-state index in [2.05, 4.69) is 5.32 Å². The van der Waals surface area contributed by atoms with Gasteiger partial charge in [-0.15, -0.1) is 0 Å². The minimum atomic E-state index is -0.332. The zero-order valence-corrected chi connectivity index (χ0v) is 27.2. The van der Waals surface area contributed by atoms with E-state index in [-0.39, 0.29) is 41.8 Å². The molecule has 1 aliphatic rings. The molecule has 0 aliphatic carbocycles. The fourth-order valence-corrected chi connectivity index (χ4v) is 5.89. The number of ether oxygens (including phenoxy) is 1. The van der Waals surface area contributed by atoms with Gasteiger partial charge in [0, 0.05) is 24.7 Å². The molecule has 1 heterocycles. The first kappa shape index (κ1) is 32.2. The molecule has 0 saturated heterocycles. The molecule has 48 heavy (non-hydrogen) atoms. The van der Waals surface area contributed by atoms with Crippen LogP contribution in [0.15, 0.2) is 115 Å².